The van der Waals surface area contributed by atoms with E-state index >= 15 is 0 Å². The van der Waals surface area contributed by atoms with Crippen LogP contribution in [0, 0.1) is 0 Å². The first-order valence-corrected chi connectivity index (χ1v) is 3.46. The Morgan fingerprint density at radius 2 is 2.50 bits per heavy atom. The third-order valence-electron chi connectivity index (χ3n) is 1.39. The molecule has 0 aliphatic carbocycles. The van der Waals surface area contributed by atoms with Gasteiger partial charge in [-0.05, 0) is 19.9 Å². The van der Waals surface area contributed by atoms with E-state index in [0.717, 1.165) is 6.61 Å². The maximum absolute atomic E-state index is 5.20. The van der Waals surface area contributed by atoms with E-state index in [1.165, 1.54) is 0 Å². The average Bonchev–Trinajstić information content (AvgIpc) is 2.33. The molecule has 0 saturated heterocycles. The number of hydroxylamine groups is 1. The fraction of sp³-hybridized carbons (Fsp3) is 0.714. The van der Waals surface area contributed by atoms with E-state index in [1.807, 2.05) is 19.9 Å². The number of ether oxygens (including phenoxy) is 1. The molecule has 1 unspecified atom stereocenters. The normalized spacial score (nSPS) is 30.6. The SMILES string of the molecule is CCOCC1(C)C=CNO1. The van der Waals surface area contributed by atoms with Crippen LogP contribution in [0.2, 0.25) is 0 Å². The van der Waals surface area contributed by atoms with Crippen LogP contribution in [0.1, 0.15) is 13.8 Å². The lowest BCUT2D eigenvalue weighted by Gasteiger charge is -2.19. The zero-order valence-electron chi connectivity index (χ0n) is 6.39. The molecule has 10 heavy (non-hydrogen) atoms. The van der Waals surface area contributed by atoms with Gasteiger partial charge in [-0.1, -0.05) is 0 Å². The van der Waals surface area contributed by atoms with Crippen molar-refractivity contribution >= 4 is 0 Å². The minimum atomic E-state index is -0.268. The van der Waals surface area contributed by atoms with Crippen molar-refractivity contribution in [3.8, 4) is 0 Å². The highest BCUT2D eigenvalue weighted by Crippen LogP contribution is 2.14. The van der Waals surface area contributed by atoms with Gasteiger partial charge in [-0.15, -0.1) is 0 Å². The molecule has 0 saturated carbocycles. The second-order valence-electron chi connectivity index (χ2n) is 2.50. The van der Waals surface area contributed by atoms with Crippen molar-refractivity contribution in [2.75, 3.05) is 13.2 Å². The van der Waals surface area contributed by atoms with Gasteiger partial charge in [-0.3, -0.25) is 10.3 Å². The molecule has 0 spiro atoms. The van der Waals surface area contributed by atoms with Gasteiger partial charge in [-0.25, -0.2) is 0 Å². The molecule has 1 N–H and O–H groups in total. The summed E-state index contributed by atoms with van der Waals surface area (Å²) in [6.45, 7) is 5.27. The lowest BCUT2D eigenvalue weighted by Crippen LogP contribution is -2.31. The van der Waals surface area contributed by atoms with Gasteiger partial charge in [0, 0.05) is 12.8 Å². The average molecular weight is 143 g/mol. The van der Waals surface area contributed by atoms with E-state index in [9.17, 15) is 0 Å². The van der Waals surface area contributed by atoms with Crippen molar-refractivity contribution in [2.24, 2.45) is 0 Å². The zero-order chi connectivity index (χ0) is 7.45. The Morgan fingerprint density at radius 3 is 3.00 bits per heavy atom. The minimum absolute atomic E-state index is 0.268. The third kappa shape index (κ3) is 1.72. The highest BCUT2D eigenvalue weighted by molar-refractivity contribution is 5.01. The lowest BCUT2D eigenvalue weighted by atomic mass is 10.1. The zero-order valence-corrected chi connectivity index (χ0v) is 6.39. The molecule has 1 rings (SSSR count). The molecule has 0 aromatic heterocycles. The molecular formula is C7H13NO2. The molecule has 1 aliphatic heterocycles. The molecule has 0 aromatic carbocycles. The molecular weight excluding hydrogens is 130 g/mol. The number of hydrogen-bond acceptors (Lipinski definition) is 3. The molecule has 0 amide bonds. The van der Waals surface area contributed by atoms with Crippen molar-refractivity contribution in [1.29, 1.82) is 0 Å². The summed E-state index contributed by atoms with van der Waals surface area (Å²) >= 11 is 0. The first-order valence-electron chi connectivity index (χ1n) is 3.46. The standard InChI is InChI=1S/C7H13NO2/c1-3-9-6-7(2)4-5-8-10-7/h4-5,8H,3,6H2,1-2H3. The van der Waals surface area contributed by atoms with Crippen LogP contribution in [0.3, 0.4) is 0 Å². The number of hydrogen-bond donors (Lipinski definition) is 1. The Balaban J connectivity index is 2.30. The molecule has 58 valence electrons. The molecule has 1 atom stereocenters. The second-order valence-corrected chi connectivity index (χ2v) is 2.50. The van der Waals surface area contributed by atoms with Gasteiger partial charge in [0.1, 0.15) is 5.60 Å². The summed E-state index contributed by atoms with van der Waals surface area (Å²) in [5, 5.41) is 0. The monoisotopic (exact) mass is 143 g/mol. The summed E-state index contributed by atoms with van der Waals surface area (Å²) < 4.78 is 5.20. The molecule has 3 nitrogen and oxygen atoms in total. The van der Waals surface area contributed by atoms with Crippen LogP contribution < -0.4 is 5.48 Å². The Hall–Kier alpha value is -0.540. The predicted octanol–water partition coefficient (Wildman–Crippen LogP) is 0.830. The van der Waals surface area contributed by atoms with Crippen LogP contribution >= 0.6 is 0 Å². The summed E-state index contributed by atoms with van der Waals surface area (Å²) in [5.41, 5.74) is 2.39. The van der Waals surface area contributed by atoms with Gasteiger partial charge >= 0.3 is 0 Å². The number of rotatable bonds is 3. The van der Waals surface area contributed by atoms with E-state index in [2.05, 4.69) is 5.48 Å². The van der Waals surface area contributed by atoms with E-state index in [4.69, 9.17) is 9.57 Å². The fourth-order valence-electron chi connectivity index (χ4n) is 0.795. The van der Waals surface area contributed by atoms with Gasteiger partial charge in [-0.2, -0.15) is 0 Å². The van der Waals surface area contributed by atoms with Crippen molar-refractivity contribution in [2.45, 2.75) is 19.4 Å². The van der Waals surface area contributed by atoms with E-state index in [-0.39, 0.29) is 5.60 Å². The van der Waals surface area contributed by atoms with E-state index < -0.39 is 0 Å². The smallest absolute Gasteiger partial charge is 0.136 e. The Kier molecular flexibility index (Phi) is 2.29. The van der Waals surface area contributed by atoms with E-state index in [0.29, 0.717) is 6.61 Å². The minimum Gasteiger partial charge on any atom is -0.378 e. The second kappa shape index (κ2) is 3.03. The largest absolute Gasteiger partial charge is 0.378 e. The fourth-order valence-corrected chi connectivity index (χ4v) is 0.795. The predicted molar refractivity (Wildman–Crippen MR) is 38.3 cm³/mol. The molecule has 0 radical (unpaired) electrons. The Labute approximate surface area is 61.0 Å². The Bertz CT molecular complexity index is 136. The summed E-state index contributed by atoms with van der Waals surface area (Å²) in [7, 11) is 0. The summed E-state index contributed by atoms with van der Waals surface area (Å²) in [6, 6.07) is 0. The van der Waals surface area contributed by atoms with Crippen LogP contribution in [-0.4, -0.2) is 18.8 Å². The highest BCUT2D eigenvalue weighted by Gasteiger charge is 2.25. The summed E-state index contributed by atoms with van der Waals surface area (Å²) in [4.78, 5) is 5.16. The van der Waals surface area contributed by atoms with Gasteiger partial charge in [0.15, 0.2) is 0 Å². The Morgan fingerprint density at radius 1 is 1.70 bits per heavy atom. The van der Waals surface area contributed by atoms with Crippen molar-refractivity contribution in [3.63, 3.8) is 0 Å². The van der Waals surface area contributed by atoms with Crippen LogP contribution in [0.15, 0.2) is 12.3 Å². The summed E-state index contributed by atoms with van der Waals surface area (Å²) in [5.74, 6) is 0. The van der Waals surface area contributed by atoms with Gasteiger partial charge in [0.2, 0.25) is 0 Å². The van der Waals surface area contributed by atoms with Crippen molar-refractivity contribution < 1.29 is 9.57 Å². The van der Waals surface area contributed by atoms with Crippen LogP contribution in [-0.2, 0) is 9.57 Å². The van der Waals surface area contributed by atoms with Crippen LogP contribution in [0.4, 0.5) is 0 Å². The summed E-state index contributed by atoms with van der Waals surface area (Å²) in [6.07, 6.45) is 3.72. The molecule has 1 aliphatic rings. The van der Waals surface area contributed by atoms with Crippen molar-refractivity contribution in [3.05, 3.63) is 12.3 Å². The first-order chi connectivity index (χ1) is 4.77. The maximum Gasteiger partial charge on any atom is 0.136 e. The van der Waals surface area contributed by atoms with Gasteiger partial charge < -0.3 is 4.74 Å². The highest BCUT2D eigenvalue weighted by atomic mass is 16.7. The maximum atomic E-state index is 5.20. The van der Waals surface area contributed by atoms with Crippen LogP contribution in [0.25, 0.3) is 0 Å². The van der Waals surface area contributed by atoms with Crippen molar-refractivity contribution in [1.82, 2.24) is 5.48 Å². The number of nitrogens with one attached hydrogen (secondary N) is 1. The van der Waals surface area contributed by atoms with E-state index in [1.54, 1.807) is 6.20 Å². The quantitative estimate of drug-likeness (QED) is 0.634. The molecule has 0 aromatic rings. The third-order valence-corrected chi connectivity index (χ3v) is 1.39. The topological polar surface area (TPSA) is 30.5 Å². The molecule has 3 heteroatoms. The van der Waals surface area contributed by atoms with Gasteiger partial charge in [0.05, 0.1) is 6.61 Å². The molecule has 0 bridgehead atoms. The molecule has 0 fully saturated rings. The van der Waals surface area contributed by atoms with Gasteiger partial charge in [0.25, 0.3) is 0 Å². The van der Waals surface area contributed by atoms with Crippen LogP contribution in [0.5, 0.6) is 0 Å². The molecule has 1 heterocycles. The lowest BCUT2D eigenvalue weighted by molar-refractivity contribution is -0.0730. The first kappa shape index (κ1) is 7.57.